The molecule has 0 bridgehead atoms. The molecule has 0 aromatic rings. The minimum atomic E-state index is 0.820. The van der Waals surface area contributed by atoms with E-state index in [2.05, 4.69) is 35.9 Å². The van der Waals surface area contributed by atoms with Gasteiger partial charge in [-0.3, -0.25) is 4.90 Å². The summed E-state index contributed by atoms with van der Waals surface area (Å²) < 4.78 is 0. The second kappa shape index (κ2) is 3.56. The molecule has 2 aliphatic heterocycles. The summed E-state index contributed by atoms with van der Waals surface area (Å²) in [5.41, 5.74) is 0. The van der Waals surface area contributed by atoms with Gasteiger partial charge in [-0.1, -0.05) is 6.92 Å². The van der Waals surface area contributed by atoms with Crippen molar-refractivity contribution in [2.75, 3.05) is 25.9 Å². The van der Waals surface area contributed by atoms with Crippen molar-refractivity contribution in [3.8, 4) is 0 Å². The molecule has 0 radical (unpaired) electrons. The minimum Gasteiger partial charge on any atom is -0.314 e. The van der Waals surface area contributed by atoms with Gasteiger partial charge in [0.1, 0.15) is 0 Å². The lowest BCUT2D eigenvalue weighted by Gasteiger charge is -2.39. The maximum atomic E-state index is 3.33. The van der Waals surface area contributed by atoms with E-state index >= 15 is 0 Å². The monoisotopic (exact) mass is 186 g/mol. The van der Waals surface area contributed by atoms with Gasteiger partial charge in [-0.25, -0.2) is 0 Å². The fourth-order valence-electron chi connectivity index (χ4n) is 1.94. The second-order valence-electron chi connectivity index (χ2n) is 4.01. The lowest BCUT2D eigenvalue weighted by Crippen LogP contribution is -2.58. The topological polar surface area (TPSA) is 15.3 Å². The Morgan fingerprint density at radius 2 is 2.08 bits per heavy atom. The largest absolute Gasteiger partial charge is 0.314 e. The molecule has 2 fully saturated rings. The van der Waals surface area contributed by atoms with Gasteiger partial charge in [0.2, 0.25) is 0 Å². The van der Waals surface area contributed by atoms with Crippen LogP contribution in [0.5, 0.6) is 0 Å². The summed E-state index contributed by atoms with van der Waals surface area (Å²) in [6.07, 6.45) is 1.39. The molecule has 3 heteroatoms. The zero-order chi connectivity index (χ0) is 8.55. The predicted molar refractivity (Wildman–Crippen MR) is 54.7 cm³/mol. The van der Waals surface area contributed by atoms with E-state index in [1.54, 1.807) is 0 Å². The summed E-state index contributed by atoms with van der Waals surface area (Å²) in [6, 6.07) is 1.66. The van der Waals surface area contributed by atoms with Crippen LogP contribution in [-0.2, 0) is 0 Å². The molecule has 12 heavy (non-hydrogen) atoms. The molecule has 2 nitrogen and oxygen atoms in total. The summed E-state index contributed by atoms with van der Waals surface area (Å²) in [4.78, 5) is 2.58. The Hall–Kier alpha value is 0.270. The van der Waals surface area contributed by atoms with Crippen LogP contribution in [0.3, 0.4) is 0 Å². The molecule has 0 spiro atoms. The highest BCUT2D eigenvalue weighted by Gasteiger charge is 2.31. The predicted octanol–water partition coefficient (Wildman–Crippen LogP) is 0.784. The van der Waals surface area contributed by atoms with Crippen LogP contribution in [0.1, 0.15) is 13.3 Å². The summed E-state index contributed by atoms with van der Waals surface area (Å²) in [7, 11) is 2.29. The molecule has 2 saturated heterocycles. The molecule has 0 aliphatic carbocycles. The minimum absolute atomic E-state index is 0.820. The first kappa shape index (κ1) is 8.85. The lowest BCUT2D eigenvalue weighted by molar-refractivity contribution is 0.137. The van der Waals surface area contributed by atoms with E-state index in [9.17, 15) is 0 Å². The van der Waals surface area contributed by atoms with E-state index < -0.39 is 0 Å². The Morgan fingerprint density at radius 1 is 1.33 bits per heavy atom. The Kier molecular flexibility index (Phi) is 2.63. The highest BCUT2D eigenvalue weighted by molar-refractivity contribution is 8.00. The fourth-order valence-corrected chi connectivity index (χ4v) is 3.22. The van der Waals surface area contributed by atoms with Gasteiger partial charge in [-0.2, -0.15) is 11.8 Å². The summed E-state index contributed by atoms with van der Waals surface area (Å²) in [5, 5.41) is 4.21. The fraction of sp³-hybridized carbons (Fsp3) is 1.00. The van der Waals surface area contributed by atoms with Crippen molar-refractivity contribution in [2.24, 2.45) is 0 Å². The van der Waals surface area contributed by atoms with E-state index in [1.165, 1.54) is 25.3 Å². The van der Waals surface area contributed by atoms with Gasteiger partial charge in [0.25, 0.3) is 0 Å². The van der Waals surface area contributed by atoms with Crippen LogP contribution in [-0.4, -0.2) is 48.1 Å². The van der Waals surface area contributed by atoms with Crippen LogP contribution in [0.4, 0.5) is 0 Å². The molecule has 70 valence electrons. The lowest BCUT2D eigenvalue weighted by atomic mass is 10.1. The van der Waals surface area contributed by atoms with E-state index in [4.69, 9.17) is 0 Å². The molecule has 1 N–H and O–H groups in total. The average molecular weight is 186 g/mol. The number of thioether (sulfide) groups is 1. The molecule has 2 aliphatic rings. The Labute approximate surface area is 79.1 Å². The van der Waals surface area contributed by atoms with Crippen molar-refractivity contribution in [3.05, 3.63) is 0 Å². The number of nitrogens with zero attached hydrogens (tertiary/aromatic N) is 1. The van der Waals surface area contributed by atoms with Crippen LogP contribution < -0.4 is 5.32 Å². The van der Waals surface area contributed by atoms with Gasteiger partial charge in [0.15, 0.2) is 0 Å². The first-order valence-corrected chi connectivity index (χ1v) is 5.86. The van der Waals surface area contributed by atoms with E-state index in [-0.39, 0.29) is 0 Å². The van der Waals surface area contributed by atoms with Gasteiger partial charge >= 0.3 is 0 Å². The zero-order valence-corrected chi connectivity index (χ0v) is 8.73. The van der Waals surface area contributed by atoms with Crippen molar-refractivity contribution in [1.29, 1.82) is 0 Å². The maximum absolute atomic E-state index is 3.33. The van der Waals surface area contributed by atoms with E-state index in [0.717, 1.165) is 17.3 Å². The quantitative estimate of drug-likeness (QED) is 0.686. The first-order valence-electron chi connectivity index (χ1n) is 4.81. The normalized spacial score (nSPS) is 37.2. The molecule has 0 aromatic carbocycles. The molecular weight excluding hydrogens is 168 g/mol. The van der Waals surface area contributed by atoms with Crippen LogP contribution in [0.15, 0.2) is 0 Å². The second-order valence-corrected chi connectivity index (χ2v) is 5.48. The number of nitrogens with one attached hydrogen (secondary N) is 1. The summed E-state index contributed by atoms with van der Waals surface area (Å²) in [6.45, 7) is 4.75. The molecule has 0 amide bonds. The molecule has 2 heterocycles. The Morgan fingerprint density at radius 3 is 2.50 bits per heavy atom. The van der Waals surface area contributed by atoms with Gasteiger partial charge in [0.05, 0.1) is 0 Å². The zero-order valence-electron chi connectivity index (χ0n) is 7.92. The SMILES string of the molecule is CC1CC(N(C)C2CNC2)CS1. The standard InChI is InChI=1S/C9H18N2S/c1-7-3-8(6-12-7)11(2)9-4-10-5-9/h7-10H,3-6H2,1-2H3. The van der Waals surface area contributed by atoms with Gasteiger partial charge < -0.3 is 5.32 Å². The molecule has 0 saturated carbocycles. The highest BCUT2D eigenvalue weighted by Crippen LogP contribution is 2.30. The van der Waals surface area contributed by atoms with Crippen LogP contribution >= 0.6 is 11.8 Å². The average Bonchev–Trinajstić information content (AvgIpc) is 2.31. The first-order chi connectivity index (χ1) is 5.77. The van der Waals surface area contributed by atoms with Crippen molar-refractivity contribution in [2.45, 2.75) is 30.7 Å². The van der Waals surface area contributed by atoms with Crippen LogP contribution in [0, 0.1) is 0 Å². The third-order valence-corrected chi connectivity index (χ3v) is 4.43. The summed E-state index contributed by atoms with van der Waals surface area (Å²) in [5.74, 6) is 1.34. The number of hydrogen-bond donors (Lipinski definition) is 1. The smallest absolute Gasteiger partial charge is 0.0345 e. The van der Waals surface area contributed by atoms with Gasteiger partial charge in [-0.05, 0) is 13.5 Å². The number of rotatable bonds is 2. The summed E-state index contributed by atoms with van der Waals surface area (Å²) >= 11 is 2.12. The van der Waals surface area contributed by atoms with E-state index in [1.807, 2.05) is 0 Å². The molecule has 2 rings (SSSR count). The van der Waals surface area contributed by atoms with Crippen molar-refractivity contribution in [3.63, 3.8) is 0 Å². The van der Waals surface area contributed by atoms with Crippen LogP contribution in [0.25, 0.3) is 0 Å². The molecule has 2 unspecified atom stereocenters. The molecule has 0 aromatic heterocycles. The Bertz CT molecular complexity index is 159. The van der Waals surface area contributed by atoms with Gasteiger partial charge in [0, 0.05) is 36.2 Å². The van der Waals surface area contributed by atoms with Crippen LogP contribution in [0.2, 0.25) is 0 Å². The van der Waals surface area contributed by atoms with E-state index in [0.29, 0.717) is 0 Å². The third-order valence-electron chi connectivity index (χ3n) is 3.09. The van der Waals surface area contributed by atoms with Gasteiger partial charge in [-0.15, -0.1) is 0 Å². The van der Waals surface area contributed by atoms with Crippen molar-refractivity contribution < 1.29 is 0 Å². The number of hydrogen-bond acceptors (Lipinski definition) is 3. The number of likely N-dealkylation sites (N-methyl/N-ethyl adjacent to an activating group) is 1. The van der Waals surface area contributed by atoms with Crippen molar-refractivity contribution >= 4 is 11.8 Å². The molecule has 2 atom stereocenters. The maximum Gasteiger partial charge on any atom is 0.0345 e. The highest BCUT2D eigenvalue weighted by atomic mass is 32.2. The molecular formula is C9H18N2S. The van der Waals surface area contributed by atoms with Crippen molar-refractivity contribution in [1.82, 2.24) is 10.2 Å². The third kappa shape index (κ3) is 1.63. The Balaban J connectivity index is 1.83.